The molecule has 1 aromatic heterocycles. The number of hydrogen-bond acceptors (Lipinski definition) is 2. The highest BCUT2D eigenvalue weighted by molar-refractivity contribution is 9.10. The second-order valence-electron chi connectivity index (χ2n) is 4.41. The Balaban J connectivity index is 2.25. The van der Waals surface area contributed by atoms with E-state index in [0.717, 1.165) is 21.0 Å². The third-order valence-corrected chi connectivity index (χ3v) is 4.16. The number of aromatic nitrogens is 1. The fourth-order valence-electron chi connectivity index (χ4n) is 2.18. The van der Waals surface area contributed by atoms with Gasteiger partial charge in [0.25, 0.3) is 5.76 Å². The summed E-state index contributed by atoms with van der Waals surface area (Å²) in [5, 5.41) is 1.27. The molecule has 0 radical (unpaired) electrons. The van der Waals surface area contributed by atoms with E-state index < -0.39 is 5.76 Å². The molecule has 2 aromatic carbocycles. The van der Waals surface area contributed by atoms with Crippen molar-refractivity contribution in [2.75, 3.05) is 0 Å². The predicted molar refractivity (Wildman–Crippen MR) is 86.7 cm³/mol. The third-order valence-electron chi connectivity index (χ3n) is 3.04. The number of pyridine rings is 1. The van der Waals surface area contributed by atoms with Crippen molar-refractivity contribution in [2.24, 2.45) is 0 Å². The lowest BCUT2D eigenvalue weighted by molar-refractivity contribution is 0.252. The standard InChI is InChI=1S/C16H10BrF2NS/c17-11-6-7-14-13(8-11)12(10-4-2-1-3-5-10)9-15(20-14)21-16(18)19/h1-9,16H. The highest BCUT2D eigenvalue weighted by atomic mass is 79.9. The van der Waals surface area contributed by atoms with Crippen LogP contribution in [0.2, 0.25) is 0 Å². The molecule has 0 bridgehead atoms. The zero-order chi connectivity index (χ0) is 14.8. The molecule has 1 nitrogen and oxygen atoms in total. The Morgan fingerprint density at radius 2 is 1.76 bits per heavy atom. The van der Waals surface area contributed by atoms with Crippen molar-refractivity contribution < 1.29 is 8.78 Å². The largest absolute Gasteiger partial charge is 0.290 e. The van der Waals surface area contributed by atoms with E-state index in [2.05, 4.69) is 20.9 Å². The Morgan fingerprint density at radius 3 is 2.48 bits per heavy atom. The minimum Gasteiger partial charge on any atom is -0.241 e. The first-order chi connectivity index (χ1) is 10.1. The summed E-state index contributed by atoms with van der Waals surface area (Å²) in [5.41, 5.74) is 2.60. The van der Waals surface area contributed by atoms with Gasteiger partial charge in [-0.15, -0.1) is 0 Å². The molecule has 1 heterocycles. The number of hydrogen-bond donors (Lipinski definition) is 0. The van der Waals surface area contributed by atoms with Crippen molar-refractivity contribution in [3.63, 3.8) is 0 Å². The van der Waals surface area contributed by atoms with Gasteiger partial charge in [0.1, 0.15) is 5.03 Å². The van der Waals surface area contributed by atoms with Crippen LogP contribution in [-0.4, -0.2) is 10.7 Å². The van der Waals surface area contributed by atoms with Crippen molar-refractivity contribution in [1.29, 1.82) is 0 Å². The van der Waals surface area contributed by atoms with Crippen LogP contribution < -0.4 is 0 Å². The summed E-state index contributed by atoms with van der Waals surface area (Å²) >= 11 is 3.92. The van der Waals surface area contributed by atoms with Crippen LogP contribution in [0.1, 0.15) is 0 Å². The second-order valence-corrected chi connectivity index (χ2v) is 6.34. The summed E-state index contributed by atoms with van der Waals surface area (Å²) in [6.07, 6.45) is 0. The lowest BCUT2D eigenvalue weighted by atomic mass is 10.0. The Kier molecular flexibility index (Phi) is 4.22. The topological polar surface area (TPSA) is 12.9 Å². The molecule has 3 rings (SSSR count). The van der Waals surface area contributed by atoms with Crippen LogP contribution in [0.5, 0.6) is 0 Å². The summed E-state index contributed by atoms with van der Waals surface area (Å²) in [6.45, 7) is 0. The van der Waals surface area contributed by atoms with E-state index in [1.165, 1.54) is 0 Å². The summed E-state index contributed by atoms with van der Waals surface area (Å²) in [6, 6.07) is 17.1. The molecule has 0 aliphatic rings. The van der Waals surface area contributed by atoms with Crippen LogP contribution in [0, 0.1) is 0 Å². The van der Waals surface area contributed by atoms with Crippen LogP contribution in [0.3, 0.4) is 0 Å². The van der Waals surface area contributed by atoms with Crippen molar-refractivity contribution in [3.05, 3.63) is 59.1 Å². The number of thioether (sulfide) groups is 1. The van der Waals surface area contributed by atoms with Crippen molar-refractivity contribution in [1.82, 2.24) is 4.98 Å². The van der Waals surface area contributed by atoms with E-state index in [9.17, 15) is 8.78 Å². The first-order valence-electron chi connectivity index (χ1n) is 6.24. The highest BCUT2D eigenvalue weighted by Crippen LogP contribution is 2.34. The molecule has 0 aliphatic carbocycles. The van der Waals surface area contributed by atoms with Gasteiger partial charge in [0.15, 0.2) is 0 Å². The molecule has 0 aliphatic heterocycles. The quantitative estimate of drug-likeness (QED) is 0.529. The number of nitrogens with zero attached hydrogens (tertiary/aromatic N) is 1. The van der Waals surface area contributed by atoms with Crippen LogP contribution in [0.15, 0.2) is 64.1 Å². The zero-order valence-corrected chi connectivity index (χ0v) is 13.2. The summed E-state index contributed by atoms with van der Waals surface area (Å²) in [4.78, 5) is 4.30. The van der Waals surface area contributed by atoms with Gasteiger partial charge >= 0.3 is 0 Å². The van der Waals surface area contributed by atoms with Gasteiger partial charge in [-0.2, -0.15) is 8.78 Å². The Bertz CT molecular complexity index is 778. The van der Waals surface area contributed by atoms with E-state index in [-0.39, 0.29) is 0 Å². The molecule has 3 aromatic rings. The van der Waals surface area contributed by atoms with Gasteiger partial charge in [0.05, 0.1) is 5.52 Å². The first kappa shape index (κ1) is 14.5. The van der Waals surface area contributed by atoms with Crippen molar-refractivity contribution in [2.45, 2.75) is 10.8 Å². The molecular weight excluding hydrogens is 356 g/mol. The molecule has 0 saturated carbocycles. The van der Waals surface area contributed by atoms with Gasteiger partial charge in [-0.3, -0.25) is 0 Å². The van der Waals surface area contributed by atoms with E-state index >= 15 is 0 Å². The second kappa shape index (κ2) is 6.12. The van der Waals surface area contributed by atoms with E-state index in [4.69, 9.17) is 0 Å². The molecule has 0 unspecified atom stereocenters. The van der Waals surface area contributed by atoms with E-state index in [1.807, 2.05) is 48.5 Å². The fourth-order valence-corrected chi connectivity index (χ4v) is 3.06. The van der Waals surface area contributed by atoms with Gasteiger partial charge in [-0.25, -0.2) is 4.98 Å². The summed E-state index contributed by atoms with van der Waals surface area (Å²) in [7, 11) is 0. The molecule has 0 saturated heterocycles. The molecule has 0 amide bonds. The smallest absolute Gasteiger partial charge is 0.241 e. The molecule has 0 N–H and O–H groups in total. The lowest BCUT2D eigenvalue weighted by Gasteiger charge is -2.10. The van der Waals surface area contributed by atoms with Gasteiger partial charge in [0.2, 0.25) is 0 Å². The van der Waals surface area contributed by atoms with Crippen molar-refractivity contribution >= 4 is 38.6 Å². The third kappa shape index (κ3) is 3.24. The van der Waals surface area contributed by atoms with E-state index in [1.54, 1.807) is 6.07 Å². The molecular formula is C16H10BrF2NS. The van der Waals surface area contributed by atoms with Crippen LogP contribution in [-0.2, 0) is 0 Å². The maximum absolute atomic E-state index is 12.6. The first-order valence-corrected chi connectivity index (χ1v) is 7.91. The number of halogens is 3. The number of fused-ring (bicyclic) bond motifs is 1. The number of alkyl halides is 2. The summed E-state index contributed by atoms with van der Waals surface area (Å²) < 4.78 is 26.2. The Labute approximate surface area is 133 Å². The minimum atomic E-state index is -2.48. The fraction of sp³-hybridized carbons (Fsp3) is 0.0625. The minimum absolute atomic E-state index is 0.332. The van der Waals surface area contributed by atoms with Gasteiger partial charge < -0.3 is 0 Å². The number of benzene rings is 2. The van der Waals surface area contributed by atoms with Crippen LogP contribution >= 0.6 is 27.7 Å². The summed E-state index contributed by atoms with van der Waals surface area (Å²) in [5.74, 6) is -2.48. The van der Waals surface area contributed by atoms with Gasteiger partial charge in [-0.05, 0) is 47.2 Å². The lowest BCUT2D eigenvalue weighted by Crippen LogP contribution is -1.91. The van der Waals surface area contributed by atoms with Gasteiger partial charge in [-0.1, -0.05) is 46.3 Å². The van der Waals surface area contributed by atoms with Crippen molar-refractivity contribution in [3.8, 4) is 11.1 Å². The highest BCUT2D eigenvalue weighted by Gasteiger charge is 2.12. The Morgan fingerprint density at radius 1 is 1.00 bits per heavy atom. The molecule has 0 spiro atoms. The average Bonchev–Trinajstić information content (AvgIpc) is 2.47. The zero-order valence-electron chi connectivity index (χ0n) is 10.8. The molecule has 0 fully saturated rings. The van der Waals surface area contributed by atoms with Crippen LogP contribution in [0.4, 0.5) is 8.78 Å². The van der Waals surface area contributed by atoms with Gasteiger partial charge in [0, 0.05) is 9.86 Å². The maximum Gasteiger partial charge on any atom is 0.290 e. The Hall–Kier alpha value is -1.46. The number of rotatable bonds is 3. The molecule has 5 heteroatoms. The SMILES string of the molecule is FC(F)Sc1cc(-c2ccccc2)c2cc(Br)ccc2n1. The predicted octanol–water partition coefficient (Wildman–Crippen LogP) is 5.98. The monoisotopic (exact) mass is 365 g/mol. The molecule has 106 valence electrons. The average molecular weight is 366 g/mol. The maximum atomic E-state index is 12.6. The normalized spacial score (nSPS) is 11.2. The molecule has 0 atom stereocenters. The van der Waals surface area contributed by atoms with Crippen LogP contribution in [0.25, 0.3) is 22.0 Å². The molecule has 21 heavy (non-hydrogen) atoms. The van der Waals surface area contributed by atoms with E-state index in [0.29, 0.717) is 22.3 Å².